The molecule has 2 aliphatic rings. The maximum atomic E-state index is 13.0. The summed E-state index contributed by atoms with van der Waals surface area (Å²) >= 11 is 0. The van der Waals surface area contributed by atoms with Crippen LogP contribution in [0, 0.1) is 11.3 Å². The first-order valence-electron chi connectivity index (χ1n) is 16.7. The fourth-order valence-electron chi connectivity index (χ4n) is 6.45. The van der Waals surface area contributed by atoms with E-state index >= 15 is 0 Å². The monoisotopic (exact) mass is 656 g/mol. The Kier molecular flexibility index (Phi) is 12.5. The Labute approximate surface area is 275 Å². The zero-order valence-corrected chi connectivity index (χ0v) is 27.3. The van der Waals surface area contributed by atoms with Gasteiger partial charge >= 0.3 is 12.1 Å². The summed E-state index contributed by atoms with van der Waals surface area (Å²) in [6.07, 6.45) is 6.67. The van der Waals surface area contributed by atoms with Crippen molar-refractivity contribution in [2.75, 3.05) is 18.5 Å². The summed E-state index contributed by atoms with van der Waals surface area (Å²) in [5.41, 5.74) is 2.66. The number of amides is 1. The molecule has 0 aliphatic heterocycles. The van der Waals surface area contributed by atoms with Gasteiger partial charge in [-0.1, -0.05) is 51.7 Å². The number of halogens is 3. The van der Waals surface area contributed by atoms with Crippen molar-refractivity contribution in [3.63, 3.8) is 0 Å². The number of carboxylic acid groups (broad SMARTS) is 1. The SMILES string of the molecule is CC1(CCO)CCC1.CCc1oc(-c2ccc(C(F)(F)F)cc2)cc1C(Nc1ccc(C(=O)NCCC(=O)O)cc1)C1CCCCC1. The first kappa shape index (κ1) is 36.1. The number of hydrogen-bond donors (Lipinski definition) is 4. The summed E-state index contributed by atoms with van der Waals surface area (Å²) in [4.78, 5) is 23.0. The van der Waals surface area contributed by atoms with Gasteiger partial charge in [-0.25, -0.2) is 0 Å². The van der Waals surface area contributed by atoms with Gasteiger partial charge in [-0.15, -0.1) is 0 Å². The van der Waals surface area contributed by atoms with Gasteiger partial charge in [0.2, 0.25) is 0 Å². The molecule has 2 aliphatic carbocycles. The lowest BCUT2D eigenvalue weighted by atomic mass is 9.68. The highest BCUT2D eigenvalue weighted by molar-refractivity contribution is 5.94. The van der Waals surface area contributed by atoms with Gasteiger partial charge in [0.25, 0.3) is 5.91 Å². The molecule has 0 bridgehead atoms. The highest BCUT2D eigenvalue weighted by atomic mass is 19.4. The van der Waals surface area contributed by atoms with Crippen molar-refractivity contribution in [2.45, 2.75) is 96.7 Å². The van der Waals surface area contributed by atoms with Crippen LogP contribution in [0.1, 0.15) is 111 Å². The lowest BCUT2D eigenvalue weighted by molar-refractivity contribution is -0.138. The van der Waals surface area contributed by atoms with Crippen LogP contribution in [0.5, 0.6) is 0 Å². The van der Waals surface area contributed by atoms with E-state index in [0.29, 0.717) is 41.2 Å². The Morgan fingerprint density at radius 2 is 1.66 bits per heavy atom. The maximum Gasteiger partial charge on any atom is 0.416 e. The van der Waals surface area contributed by atoms with Crippen molar-refractivity contribution in [1.82, 2.24) is 5.32 Å². The van der Waals surface area contributed by atoms with Crippen LogP contribution in [0.2, 0.25) is 0 Å². The quantitative estimate of drug-likeness (QED) is 0.155. The third kappa shape index (κ3) is 10.1. The second-order valence-corrected chi connectivity index (χ2v) is 13.1. The number of aliphatic carboxylic acids is 1. The Morgan fingerprint density at radius 3 is 2.17 bits per heavy atom. The molecule has 1 atom stereocenters. The summed E-state index contributed by atoms with van der Waals surface area (Å²) < 4.78 is 45.3. The van der Waals surface area contributed by atoms with E-state index in [4.69, 9.17) is 14.6 Å². The number of benzene rings is 2. The van der Waals surface area contributed by atoms with E-state index < -0.39 is 17.7 Å². The zero-order chi connectivity index (χ0) is 34.0. The first-order chi connectivity index (χ1) is 22.4. The molecule has 1 aromatic heterocycles. The minimum atomic E-state index is -4.40. The Balaban J connectivity index is 0.000000546. The molecule has 0 saturated heterocycles. The van der Waals surface area contributed by atoms with Gasteiger partial charge in [-0.2, -0.15) is 13.2 Å². The minimum Gasteiger partial charge on any atom is -0.481 e. The average molecular weight is 657 g/mol. The third-order valence-corrected chi connectivity index (χ3v) is 9.49. The van der Waals surface area contributed by atoms with Crippen molar-refractivity contribution in [1.29, 1.82) is 0 Å². The number of nitrogens with one attached hydrogen (secondary N) is 2. The number of aliphatic hydroxyl groups is 1. The van der Waals surface area contributed by atoms with Crippen LogP contribution in [-0.4, -0.2) is 35.2 Å². The number of hydrogen-bond acceptors (Lipinski definition) is 5. The molecule has 7 nitrogen and oxygen atoms in total. The smallest absolute Gasteiger partial charge is 0.416 e. The Hall–Kier alpha value is -3.79. The van der Waals surface area contributed by atoms with Gasteiger partial charge in [0, 0.05) is 42.0 Å². The molecule has 0 radical (unpaired) electrons. The van der Waals surface area contributed by atoms with Crippen LogP contribution < -0.4 is 10.6 Å². The number of alkyl halides is 3. The van der Waals surface area contributed by atoms with Crippen molar-refractivity contribution in [2.24, 2.45) is 11.3 Å². The molecule has 47 heavy (non-hydrogen) atoms. The van der Waals surface area contributed by atoms with Crippen LogP contribution in [0.3, 0.4) is 0 Å². The molecule has 2 fully saturated rings. The number of carbonyl (C=O) groups is 2. The van der Waals surface area contributed by atoms with E-state index in [2.05, 4.69) is 17.6 Å². The lowest BCUT2D eigenvalue weighted by Crippen LogP contribution is -2.26. The van der Waals surface area contributed by atoms with Crippen LogP contribution in [0.15, 0.2) is 59.0 Å². The molecule has 3 aromatic rings. The molecular weight excluding hydrogens is 609 g/mol. The molecule has 5 rings (SSSR count). The average Bonchev–Trinajstić information content (AvgIpc) is 3.48. The summed E-state index contributed by atoms with van der Waals surface area (Å²) in [6.45, 7) is 4.68. The van der Waals surface area contributed by atoms with Gasteiger partial charge in [0.15, 0.2) is 0 Å². The van der Waals surface area contributed by atoms with Gasteiger partial charge in [-0.05, 0) is 85.9 Å². The van der Waals surface area contributed by atoms with Gasteiger partial charge in [0.1, 0.15) is 11.5 Å². The second-order valence-electron chi connectivity index (χ2n) is 13.1. The number of carbonyl (C=O) groups excluding carboxylic acids is 1. The molecule has 2 aromatic carbocycles. The number of aliphatic hydroxyl groups excluding tert-OH is 1. The van der Waals surface area contributed by atoms with E-state index in [1.165, 1.54) is 37.8 Å². The standard InChI is InChI=1S/C30H33F3N2O4.C7H14O/c1-2-25-24(18-26(39-25)19-8-12-22(13-9-19)30(31,32)33)28(20-6-4-3-5-7-20)35-23-14-10-21(11-15-23)29(38)34-17-16-27(36)37;1-7(5-6-8)3-2-4-7/h8-15,18,20,28,35H,2-7,16-17H2,1H3,(H,34,38)(H,36,37);8H,2-6H2,1H3. The zero-order valence-electron chi connectivity index (χ0n) is 27.3. The van der Waals surface area contributed by atoms with Crippen LogP contribution >= 0.6 is 0 Å². The summed E-state index contributed by atoms with van der Waals surface area (Å²) in [6, 6.07) is 13.9. The van der Waals surface area contributed by atoms with E-state index in [0.717, 1.165) is 61.2 Å². The summed E-state index contributed by atoms with van der Waals surface area (Å²) in [7, 11) is 0. The summed E-state index contributed by atoms with van der Waals surface area (Å²) in [5.74, 6) is 0.363. The number of rotatable bonds is 12. The molecule has 4 N–H and O–H groups in total. The van der Waals surface area contributed by atoms with Crippen molar-refractivity contribution < 1.29 is 37.4 Å². The first-order valence-corrected chi connectivity index (χ1v) is 16.7. The van der Waals surface area contributed by atoms with Crippen molar-refractivity contribution >= 4 is 17.6 Å². The molecule has 1 amide bonds. The Bertz CT molecular complexity index is 1440. The molecule has 256 valence electrons. The Morgan fingerprint density at radius 1 is 1.00 bits per heavy atom. The molecule has 1 heterocycles. The van der Waals surface area contributed by atoms with E-state index in [-0.39, 0.29) is 24.9 Å². The topological polar surface area (TPSA) is 112 Å². The molecule has 0 spiro atoms. The predicted molar refractivity (Wildman–Crippen MR) is 176 cm³/mol. The highest BCUT2D eigenvalue weighted by Crippen LogP contribution is 2.43. The van der Waals surface area contributed by atoms with Crippen molar-refractivity contribution in [3.05, 3.63) is 77.0 Å². The number of anilines is 1. The molecule has 10 heteroatoms. The molecule has 2 saturated carbocycles. The van der Waals surface area contributed by atoms with Crippen LogP contribution in [0.4, 0.5) is 18.9 Å². The third-order valence-electron chi connectivity index (χ3n) is 9.49. The van der Waals surface area contributed by atoms with Crippen LogP contribution in [-0.2, 0) is 17.4 Å². The minimum absolute atomic E-state index is 0.0550. The van der Waals surface area contributed by atoms with Gasteiger partial charge in [-0.3, -0.25) is 9.59 Å². The highest BCUT2D eigenvalue weighted by Gasteiger charge is 2.32. The van der Waals surface area contributed by atoms with Gasteiger partial charge < -0.3 is 25.3 Å². The van der Waals surface area contributed by atoms with E-state index in [1.54, 1.807) is 12.1 Å². The predicted octanol–water partition coefficient (Wildman–Crippen LogP) is 9.02. The fraction of sp³-hybridized carbons (Fsp3) is 0.514. The van der Waals surface area contributed by atoms with E-state index in [1.807, 2.05) is 25.1 Å². The largest absolute Gasteiger partial charge is 0.481 e. The number of aryl methyl sites for hydroxylation is 1. The summed E-state index contributed by atoms with van der Waals surface area (Å²) in [5, 5.41) is 23.6. The maximum absolute atomic E-state index is 13.0. The normalized spacial score (nSPS) is 16.7. The van der Waals surface area contributed by atoms with Crippen molar-refractivity contribution in [3.8, 4) is 11.3 Å². The molecule has 1 unspecified atom stereocenters. The van der Waals surface area contributed by atoms with Crippen LogP contribution in [0.25, 0.3) is 11.3 Å². The van der Waals surface area contributed by atoms with Gasteiger partial charge in [0.05, 0.1) is 18.0 Å². The fourth-order valence-corrected chi connectivity index (χ4v) is 6.45. The lowest BCUT2D eigenvalue weighted by Gasteiger charge is -2.37. The van der Waals surface area contributed by atoms with E-state index in [9.17, 15) is 22.8 Å². The number of furan rings is 1. The number of carboxylic acids is 1. The molecular formula is C37H47F3N2O5. The second kappa shape index (κ2) is 16.4.